The Balaban J connectivity index is 1.72. The molecule has 0 bridgehead atoms. The first-order valence-corrected chi connectivity index (χ1v) is 16.2. The van der Waals surface area contributed by atoms with Gasteiger partial charge in [-0.2, -0.15) is 0 Å². The molecule has 3 aromatic rings. The lowest BCUT2D eigenvalue weighted by molar-refractivity contribution is -0.140. The van der Waals surface area contributed by atoms with E-state index in [9.17, 15) is 18.0 Å². The van der Waals surface area contributed by atoms with Gasteiger partial charge in [0.2, 0.25) is 21.8 Å². The molecule has 1 saturated carbocycles. The summed E-state index contributed by atoms with van der Waals surface area (Å²) in [5.41, 5.74) is 2.93. The Labute approximate surface area is 245 Å². The van der Waals surface area contributed by atoms with Crippen LogP contribution in [0.3, 0.4) is 0 Å². The van der Waals surface area contributed by atoms with E-state index < -0.39 is 28.5 Å². The summed E-state index contributed by atoms with van der Waals surface area (Å²) in [5, 5.41) is 3.18. The second kappa shape index (κ2) is 13.5. The van der Waals surface area contributed by atoms with Crippen molar-refractivity contribution in [3.8, 4) is 0 Å². The zero-order valence-corrected chi connectivity index (χ0v) is 25.3. The van der Waals surface area contributed by atoms with Crippen LogP contribution in [0.15, 0.2) is 83.3 Å². The van der Waals surface area contributed by atoms with Gasteiger partial charge in [0.05, 0.1) is 11.9 Å². The van der Waals surface area contributed by atoms with Gasteiger partial charge in [-0.3, -0.25) is 13.9 Å². The highest BCUT2D eigenvalue weighted by Crippen LogP contribution is 2.24. The smallest absolute Gasteiger partial charge is 0.244 e. The van der Waals surface area contributed by atoms with E-state index in [-0.39, 0.29) is 18.5 Å². The molecule has 0 spiro atoms. The van der Waals surface area contributed by atoms with E-state index in [0.29, 0.717) is 12.1 Å². The van der Waals surface area contributed by atoms with Gasteiger partial charge in [-0.15, -0.1) is 0 Å². The third-order valence-electron chi connectivity index (χ3n) is 7.30. The number of anilines is 1. The molecule has 1 fully saturated rings. The van der Waals surface area contributed by atoms with Crippen LogP contribution in [-0.4, -0.2) is 50.0 Å². The largest absolute Gasteiger partial charge is 0.352 e. The average molecular weight is 627 g/mol. The minimum Gasteiger partial charge on any atom is -0.352 e. The predicted molar refractivity (Wildman–Crippen MR) is 162 cm³/mol. The fourth-order valence-corrected chi connectivity index (χ4v) is 6.32. The van der Waals surface area contributed by atoms with Crippen molar-refractivity contribution in [2.24, 2.45) is 0 Å². The van der Waals surface area contributed by atoms with E-state index in [4.69, 9.17) is 0 Å². The SMILES string of the molecule is Cc1ccccc1N(CC(=O)N(Cc1ccc(Br)cc1)[C@H](Cc1ccccc1)C(=O)NC1CCCC1)S(C)(=O)=O. The number of nitrogens with zero attached hydrogens (tertiary/aromatic N) is 2. The van der Waals surface area contributed by atoms with Crippen molar-refractivity contribution in [2.75, 3.05) is 17.1 Å². The normalized spacial score (nSPS) is 14.5. The number of amides is 2. The first-order valence-electron chi connectivity index (χ1n) is 13.5. The van der Waals surface area contributed by atoms with Crippen molar-refractivity contribution >= 4 is 43.5 Å². The van der Waals surface area contributed by atoms with Crippen molar-refractivity contribution in [2.45, 2.75) is 57.7 Å². The van der Waals surface area contributed by atoms with Crippen LogP contribution in [0.2, 0.25) is 0 Å². The summed E-state index contributed by atoms with van der Waals surface area (Å²) < 4.78 is 27.9. The number of carbonyl (C=O) groups is 2. The molecule has 1 N–H and O–H groups in total. The van der Waals surface area contributed by atoms with Crippen molar-refractivity contribution in [1.82, 2.24) is 10.2 Å². The predicted octanol–water partition coefficient (Wildman–Crippen LogP) is 5.22. The molecular formula is C31H36BrN3O4S. The molecule has 40 heavy (non-hydrogen) atoms. The molecule has 7 nitrogen and oxygen atoms in total. The highest BCUT2D eigenvalue weighted by atomic mass is 79.9. The Morgan fingerprint density at radius 2 is 1.55 bits per heavy atom. The van der Waals surface area contributed by atoms with Crippen LogP contribution >= 0.6 is 15.9 Å². The molecule has 9 heteroatoms. The van der Waals surface area contributed by atoms with E-state index >= 15 is 0 Å². The number of sulfonamides is 1. The first-order chi connectivity index (χ1) is 19.1. The van der Waals surface area contributed by atoms with Crippen molar-refractivity contribution in [1.29, 1.82) is 0 Å². The molecule has 2 amide bonds. The quantitative estimate of drug-likeness (QED) is 0.316. The molecular weight excluding hydrogens is 590 g/mol. The van der Waals surface area contributed by atoms with Crippen molar-refractivity contribution in [3.63, 3.8) is 0 Å². The van der Waals surface area contributed by atoms with Gasteiger partial charge in [-0.25, -0.2) is 8.42 Å². The highest BCUT2D eigenvalue weighted by molar-refractivity contribution is 9.10. The Morgan fingerprint density at radius 1 is 0.925 bits per heavy atom. The van der Waals surface area contributed by atoms with Crippen LogP contribution in [0.25, 0.3) is 0 Å². The van der Waals surface area contributed by atoms with Crippen LogP contribution in [-0.2, 0) is 32.6 Å². The van der Waals surface area contributed by atoms with E-state index in [2.05, 4.69) is 21.2 Å². The fraction of sp³-hybridized carbons (Fsp3) is 0.355. The second-order valence-corrected chi connectivity index (χ2v) is 13.2. The van der Waals surface area contributed by atoms with Gasteiger partial charge in [-0.05, 0) is 54.7 Å². The molecule has 212 valence electrons. The third kappa shape index (κ3) is 7.95. The Hall–Kier alpha value is -3.17. The summed E-state index contributed by atoms with van der Waals surface area (Å²) >= 11 is 3.46. The molecule has 4 rings (SSSR count). The van der Waals surface area contributed by atoms with E-state index in [1.54, 1.807) is 12.1 Å². The lowest BCUT2D eigenvalue weighted by Crippen LogP contribution is -2.54. The van der Waals surface area contributed by atoms with Gasteiger partial charge in [0.15, 0.2) is 0 Å². The Morgan fingerprint density at radius 3 is 2.17 bits per heavy atom. The molecule has 1 aliphatic rings. The number of carbonyl (C=O) groups excluding carboxylic acids is 2. The summed E-state index contributed by atoms with van der Waals surface area (Å²) in [4.78, 5) is 29.6. The highest BCUT2D eigenvalue weighted by Gasteiger charge is 2.34. The molecule has 0 aromatic heterocycles. The number of hydrogen-bond donors (Lipinski definition) is 1. The number of rotatable bonds is 11. The Bertz CT molecular complexity index is 1410. The summed E-state index contributed by atoms with van der Waals surface area (Å²) in [6.07, 6.45) is 5.37. The van der Waals surface area contributed by atoms with Crippen LogP contribution in [0.4, 0.5) is 5.69 Å². The van der Waals surface area contributed by atoms with E-state index in [1.165, 1.54) is 4.90 Å². The number of benzene rings is 3. The summed E-state index contributed by atoms with van der Waals surface area (Å²) in [5.74, 6) is -0.665. The van der Waals surface area contributed by atoms with E-state index in [1.807, 2.05) is 73.7 Å². The Kier molecular flexibility index (Phi) is 10.0. The maximum atomic E-state index is 14.2. The lowest BCUT2D eigenvalue weighted by Gasteiger charge is -2.34. The first kappa shape index (κ1) is 29.8. The van der Waals surface area contributed by atoms with Crippen molar-refractivity contribution < 1.29 is 18.0 Å². The van der Waals surface area contributed by atoms with Gasteiger partial charge in [0.1, 0.15) is 12.6 Å². The fourth-order valence-electron chi connectivity index (χ4n) is 5.15. The van der Waals surface area contributed by atoms with Gasteiger partial charge < -0.3 is 10.2 Å². The van der Waals surface area contributed by atoms with Gasteiger partial charge in [0, 0.05) is 23.5 Å². The second-order valence-electron chi connectivity index (χ2n) is 10.4. The molecule has 0 heterocycles. The van der Waals surface area contributed by atoms with Crippen LogP contribution < -0.4 is 9.62 Å². The van der Waals surface area contributed by atoms with Crippen molar-refractivity contribution in [3.05, 3.63) is 100 Å². The van der Waals surface area contributed by atoms with Gasteiger partial charge in [-0.1, -0.05) is 89.4 Å². The zero-order valence-electron chi connectivity index (χ0n) is 22.9. The summed E-state index contributed by atoms with van der Waals surface area (Å²) in [6.45, 7) is 1.56. The van der Waals surface area contributed by atoms with Gasteiger partial charge in [0.25, 0.3) is 0 Å². The summed E-state index contributed by atoms with van der Waals surface area (Å²) in [7, 11) is -3.79. The van der Waals surface area contributed by atoms with Gasteiger partial charge >= 0.3 is 0 Å². The maximum Gasteiger partial charge on any atom is 0.244 e. The number of aryl methyl sites for hydroxylation is 1. The van der Waals surface area contributed by atoms with E-state index in [0.717, 1.165) is 57.4 Å². The monoisotopic (exact) mass is 625 g/mol. The summed E-state index contributed by atoms with van der Waals surface area (Å²) in [6, 6.07) is 23.5. The topological polar surface area (TPSA) is 86.8 Å². The molecule has 3 aromatic carbocycles. The standard InChI is InChI=1S/C31H36BrN3O4S/c1-23-10-6-9-15-28(23)35(40(2,38)39)22-30(36)34(21-25-16-18-26(32)19-17-25)29(20-24-11-4-3-5-12-24)31(37)33-27-13-7-8-14-27/h3-6,9-12,15-19,27,29H,7-8,13-14,20-22H2,1-2H3,(H,33,37)/t29-/m1/s1. The molecule has 0 radical (unpaired) electrons. The molecule has 0 aliphatic heterocycles. The van der Waals surface area contributed by atoms with Crippen LogP contribution in [0.5, 0.6) is 0 Å². The number of nitrogens with one attached hydrogen (secondary N) is 1. The average Bonchev–Trinajstić information content (AvgIpc) is 3.43. The number of para-hydroxylation sites is 1. The zero-order chi connectivity index (χ0) is 28.7. The third-order valence-corrected chi connectivity index (χ3v) is 8.96. The molecule has 1 aliphatic carbocycles. The number of halogens is 1. The minimum absolute atomic E-state index is 0.0786. The molecule has 1 atom stereocenters. The minimum atomic E-state index is -3.79. The maximum absolute atomic E-state index is 14.2. The molecule has 0 saturated heterocycles. The molecule has 0 unspecified atom stereocenters. The van der Waals surface area contributed by atoms with Crippen LogP contribution in [0.1, 0.15) is 42.4 Å². The lowest BCUT2D eigenvalue weighted by atomic mass is 10.0. The van der Waals surface area contributed by atoms with Crippen LogP contribution in [0, 0.1) is 6.92 Å². The number of hydrogen-bond acceptors (Lipinski definition) is 4.